The van der Waals surface area contributed by atoms with E-state index in [4.69, 9.17) is 33.5 Å². The maximum Gasteiger partial charge on any atom is 0.247 e. The maximum absolute atomic E-state index is 12.5. The van der Waals surface area contributed by atoms with Crippen molar-refractivity contribution in [2.24, 2.45) is 5.73 Å². The van der Waals surface area contributed by atoms with E-state index < -0.39 is 5.91 Å². The third-order valence-electron chi connectivity index (χ3n) is 4.85. The molecule has 0 atom stereocenters. The number of anilines is 1. The number of carbonyl (C=O) groups is 2. The molecule has 0 radical (unpaired) electrons. The Hall–Kier alpha value is -3.72. The van der Waals surface area contributed by atoms with Gasteiger partial charge in [-0.05, 0) is 18.2 Å². The van der Waals surface area contributed by atoms with Crippen LogP contribution in [0.25, 0.3) is 22.9 Å². The van der Waals surface area contributed by atoms with E-state index in [2.05, 4.69) is 25.7 Å². The lowest BCUT2D eigenvalue weighted by Crippen LogP contribution is -2.16. The minimum Gasteiger partial charge on any atom is -0.421 e. The number of aryl methyl sites for hydroxylation is 2. The van der Waals surface area contributed by atoms with Gasteiger partial charge in [-0.1, -0.05) is 0 Å². The zero-order valence-electron chi connectivity index (χ0n) is 21.4. The van der Waals surface area contributed by atoms with Crippen LogP contribution in [0.3, 0.4) is 0 Å². The van der Waals surface area contributed by atoms with E-state index in [-0.39, 0.29) is 32.0 Å². The van der Waals surface area contributed by atoms with E-state index in [0.29, 0.717) is 80.0 Å². The van der Waals surface area contributed by atoms with Crippen molar-refractivity contribution in [3.05, 3.63) is 30.0 Å². The Kier molecular flexibility index (Phi) is 11.8. The molecule has 0 unspecified atom stereocenters. The molecule has 0 bridgehead atoms. The molecule has 0 saturated carbocycles. The zero-order chi connectivity index (χ0) is 27.2. The molecule has 0 aliphatic carbocycles. The Morgan fingerprint density at radius 1 is 0.711 bits per heavy atom. The first-order valence-corrected chi connectivity index (χ1v) is 12.1. The lowest BCUT2D eigenvalue weighted by atomic mass is 10.1. The number of rotatable bonds is 18. The first-order valence-electron chi connectivity index (χ1n) is 12.1. The van der Waals surface area contributed by atoms with E-state index in [0.717, 1.165) is 0 Å². The van der Waals surface area contributed by atoms with Crippen LogP contribution >= 0.6 is 0 Å². The standard InChI is InChI=1S/C24H32N6O8/c1-16-27-29-23(37-16)18-13-19(24-30-28-17(2)38-24)15-20(14-18)26-22(32)4-6-34-8-10-36-12-11-35-9-7-33-5-3-21(25)31/h13-15H,3-12H2,1-2H3,(H2,25,31)(H,26,32). The van der Waals surface area contributed by atoms with Crippen LogP contribution in [-0.4, -0.2) is 85.1 Å². The van der Waals surface area contributed by atoms with Crippen molar-refractivity contribution in [1.82, 2.24) is 20.4 Å². The number of nitrogens with zero attached hydrogens (tertiary/aromatic N) is 4. The summed E-state index contributed by atoms with van der Waals surface area (Å²) in [6, 6.07) is 5.22. The highest BCUT2D eigenvalue weighted by Gasteiger charge is 2.15. The van der Waals surface area contributed by atoms with Crippen molar-refractivity contribution in [2.45, 2.75) is 26.7 Å². The largest absolute Gasteiger partial charge is 0.421 e. The number of nitrogens with one attached hydrogen (secondary N) is 1. The van der Waals surface area contributed by atoms with Crippen LogP contribution in [0.1, 0.15) is 24.6 Å². The van der Waals surface area contributed by atoms with E-state index in [1.165, 1.54) is 0 Å². The van der Waals surface area contributed by atoms with Crippen molar-refractivity contribution in [2.75, 3.05) is 58.2 Å². The fourth-order valence-electron chi connectivity index (χ4n) is 3.10. The van der Waals surface area contributed by atoms with Gasteiger partial charge in [-0.3, -0.25) is 9.59 Å². The fourth-order valence-corrected chi connectivity index (χ4v) is 3.10. The third kappa shape index (κ3) is 10.3. The van der Waals surface area contributed by atoms with Crippen LogP contribution < -0.4 is 11.1 Å². The molecule has 38 heavy (non-hydrogen) atoms. The van der Waals surface area contributed by atoms with Gasteiger partial charge in [0.15, 0.2) is 0 Å². The Balaban J connectivity index is 1.33. The summed E-state index contributed by atoms with van der Waals surface area (Å²) in [5.41, 5.74) is 6.72. The van der Waals surface area contributed by atoms with Crippen LogP contribution in [0.5, 0.6) is 0 Å². The smallest absolute Gasteiger partial charge is 0.247 e. The second-order valence-electron chi connectivity index (χ2n) is 8.02. The first kappa shape index (κ1) is 28.8. The molecule has 14 heteroatoms. The summed E-state index contributed by atoms with van der Waals surface area (Å²) in [4.78, 5) is 23.0. The van der Waals surface area contributed by atoms with Gasteiger partial charge in [-0.2, -0.15) is 0 Å². The molecule has 2 heterocycles. The number of aromatic nitrogens is 4. The van der Waals surface area contributed by atoms with Gasteiger partial charge in [-0.15, -0.1) is 20.4 Å². The number of ether oxygens (including phenoxy) is 4. The predicted molar refractivity (Wildman–Crippen MR) is 133 cm³/mol. The van der Waals surface area contributed by atoms with Gasteiger partial charge < -0.3 is 38.8 Å². The molecule has 0 fully saturated rings. The van der Waals surface area contributed by atoms with E-state index in [1.54, 1.807) is 32.0 Å². The number of benzene rings is 1. The Morgan fingerprint density at radius 3 is 1.58 bits per heavy atom. The summed E-state index contributed by atoms with van der Waals surface area (Å²) >= 11 is 0. The normalized spacial score (nSPS) is 11.1. The van der Waals surface area contributed by atoms with Crippen LogP contribution in [0, 0.1) is 13.8 Å². The van der Waals surface area contributed by atoms with Gasteiger partial charge in [0.25, 0.3) is 0 Å². The highest BCUT2D eigenvalue weighted by Crippen LogP contribution is 2.29. The minimum atomic E-state index is -0.394. The zero-order valence-corrected chi connectivity index (χ0v) is 21.4. The summed E-state index contributed by atoms with van der Waals surface area (Å²) in [6.07, 6.45) is 0.346. The molecule has 0 saturated heterocycles. The summed E-state index contributed by atoms with van der Waals surface area (Å²) < 4.78 is 32.5. The molecule has 0 aliphatic rings. The van der Waals surface area contributed by atoms with Crippen LogP contribution in [0.2, 0.25) is 0 Å². The van der Waals surface area contributed by atoms with E-state index in [9.17, 15) is 9.59 Å². The van der Waals surface area contributed by atoms with Gasteiger partial charge in [0, 0.05) is 37.1 Å². The molecule has 14 nitrogen and oxygen atoms in total. The third-order valence-corrected chi connectivity index (χ3v) is 4.85. The lowest BCUT2D eigenvalue weighted by Gasteiger charge is -2.09. The highest BCUT2D eigenvalue weighted by molar-refractivity contribution is 5.92. The molecular weight excluding hydrogens is 500 g/mol. The molecule has 3 rings (SSSR count). The maximum atomic E-state index is 12.5. The van der Waals surface area contributed by atoms with Crippen LogP contribution in [0.4, 0.5) is 5.69 Å². The SMILES string of the molecule is Cc1nnc(-c2cc(NC(=O)CCOCCOCCOCCOCCC(N)=O)cc(-c3nnc(C)o3)c2)o1. The summed E-state index contributed by atoms with van der Waals surface area (Å²) in [7, 11) is 0. The second-order valence-corrected chi connectivity index (χ2v) is 8.02. The number of carbonyl (C=O) groups excluding carboxylic acids is 2. The Morgan fingerprint density at radius 2 is 1.16 bits per heavy atom. The number of amides is 2. The first-order chi connectivity index (χ1) is 18.4. The average molecular weight is 533 g/mol. The molecule has 3 aromatic rings. The molecule has 0 spiro atoms. The van der Waals surface area contributed by atoms with E-state index in [1.807, 2.05) is 0 Å². The van der Waals surface area contributed by atoms with Crippen molar-refractivity contribution >= 4 is 17.5 Å². The molecular formula is C24H32N6O8. The fraction of sp³-hybridized carbons (Fsp3) is 0.500. The number of hydrogen-bond acceptors (Lipinski definition) is 12. The second kappa shape index (κ2) is 15.5. The number of hydrogen-bond donors (Lipinski definition) is 2. The lowest BCUT2D eigenvalue weighted by molar-refractivity contribution is -0.119. The van der Waals surface area contributed by atoms with Crippen molar-refractivity contribution in [1.29, 1.82) is 0 Å². The Bertz CT molecular complexity index is 1110. The van der Waals surface area contributed by atoms with Crippen molar-refractivity contribution in [3.63, 3.8) is 0 Å². The monoisotopic (exact) mass is 532 g/mol. The molecule has 2 amide bonds. The minimum absolute atomic E-state index is 0.151. The molecule has 2 aromatic heterocycles. The van der Waals surface area contributed by atoms with Crippen molar-refractivity contribution in [3.8, 4) is 22.9 Å². The van der Waals surface area contributed by atoms with Gasteiger partial charge >= 0.3 is 0 Å². The summed E-state index contributed by atoms with van der Waals surface area (Å²) in [6.45, 7) is 6.23. The van der Waals surface area contributed by atoms with Gasteiger partial charge in [-0.25, -0.2) is 0 Å². The quantitative estimate of drug-likeness (QED) is 0.226. The van der Waals surface area contributed by atoms with Gasteiger partial charge in [0.2, 0.25) is 35.4 Å². The summed E-state index contributed by atoms with van der Waals surface area (Å²) in [5, 5.41) is 18.6. The topological polar surface area (TPSA) is 187 Å². The molecule has 206 valence electrons. The molecule has 1 aromatic carbocycles. The predicted octanol–water partition coefficient (Wildman–Crippen LogP) is 1.67. The van der Waals surface area contributed by atoms with Crippen LogP contribution in [-0.2, 0) is 28.5 Å². The average Bonchev–Trinajstić information content (AvgIpc) is 3.52. The number of nitrogens with two attached hydrogens (primary N) is 1. The molecule has 3 N–H and O–H groups in total. The summed E-state index contributed by atoms with van der Waals surface area (Å²) in [5.74, 6) is 0.818. The van der Waals surface area contributed by atoms with Crippen LogP contribution in [0.15, 0.2) is 27.0 Å². The van der Waals surface area contributed by atoms with Gasteiger partial charge in [0.1, 0.15) is 0 Å². The van der Waals surface area contributed by atoms with Crippen molar-refractivity contribution < 1.29 is 37.4 Å². The van der Waals surface area contributed by atoms with E-state index >= 15 is 0 Å². The number of primary amides is 1. The molecule has 0 aliphatic heterocycles. The Labute approximate surface area is 219 Å². The highest BCUT2D eigenvalue weighted by atomic mass is 16.6. The van der Waals surface area contributed by atoms with Gasteiger partial charge in [0.05, 0.1) is 59.3 Å².